The SMILES string of the molecule is Cn1nccc1-c1ccnc(Nc2ccc(F)c(Cl)c2)n1. The van der Waals surface area contributed by atoms with E-state index in [1.807, 2.05) is 13.1 Å². The van der Waals surface area contributed by atoms with E-state index in [9.17, 15) is 4.39 Å². The molecule has 5 nitrogen and oxygen atoms in total. The van der Waals surface area contributed by atoms with Gasteiger partial charge in [0.15, 0.2) is 0 Å². The Morgan fingerprint density at radius 2 is 2.05 bits per heavy atom. The van der Waals surface area contributed by atoms with Crippen LogP contribution in [0.2, 0.25) is 5.02 Å². The van der Waals surface area contributed by atoms with Gasteiger partial charge in [0.2, 0.25) is 5.95 Å². The molecule has 0 fully saturated rings. The number of aromatic nitrogens is 4. The fourth-order valence-corrected chi connectivity index (χ4v) is 2.07. The minimum atomic E-state index is -0.466. The predicted molar refractivity (Wildman–Crippen MR) is 78.9 cm³/mol. The molecular weight excluding hydrogens is 293 g/mol. The minimum absolute atomic E-state index is 0.0442. The van der Waals surface area contributed by atoms with Crippen LogP contribution >= 0.6 is 11.6 Å². The molecule has 7 heteroatoms. The fraction of sp³-hybridized carbons (Fsp3) is 0.0714. The lowest BCUT2D eigenvalue weighted by atomic mass is 10.3. The summed E-state index contributed by atoms with van der Waals surface area (Å²) in [4.78, 5) is 8.54. The summed E-state index contributed by atoms with van der Waals surface area (Å²) in [6.45, 7) is 0. The molecule has 0 saturated heterocycles. The second kappa shape index (κ2) is 5.49. The number of halogens is 2. The molecule has 0 spiro atoms. The maximum Gasteiger partial charge on any atom is 0.227 e. The van der Waals surface area contributed by atoms with E-state index in [0.717, 1.165) is 11.4 Å². The van der Waals surface area contributed by atoms with Crippen molar-refractivity contribution in [3.63, 3.8) is 0 Å². The van der Waals surface area contributed by atoms with E-state index in [1.165, 1.54) is 12.1 Å². The molecule has 0 saturated carbocycles. The van der Waals surface area contributed by atoms with Crippen molar-refractivity contribution in [2.24, 2.45) is 7.05 Å². The summed E-state index contributed by atoms with van der Waals surface area (Å²) in [7, 11) is 1.84. The molecule has 2 heterocycles. The molecule has 0 bridgehead atoms. The van der Waals surface area contributed by atoms with Crippen molar-refractivity contribution in [2.75, 3.05) is 5.32 Å². The van der Waals surface area contributed by atoms with E-state index in [2.05, 4.69) is 20.4 Å². The van der Waals surface area contributed by atoms with Crippen LogP contribution in [0.1, 0.15) is 0 Å². The molecule has 1 N–H and O–H groups in total. The Morgan fingerprint density at radius 1 is 1.19 bits per heavy atom. The van der Waals surface area contributed by atoms with E-state index in [1.54, 1.807) is 29.2 Å². The van der Waals surface area contributed by atoms with Crippen LogP contribution in [-0.2, 0) is 7.05 Å². The summed E-state index contributed by atoms with van der Waals surface area (Å²) in [6.07, 6.45) is 3.34. The van der Waals surface area contributed by atoms with Crippen molar-refractivity contribution >= 4 is 23.2 Å². The average molecular weight is 304 g/mol. The van der Waals surface area contributed by atoms with Crippen LogP contribution in [0.5, 0.6) is 0 Å². The van der Waals surface area contributed by atoms with Gasteiger partial charge in [-0.05, 0) is 30.3 Å². The molecule has 3 aromatic rings. The number of nitrogens with zero attached hydrogens (tertiary/aromatic N) is 4. The highest BCUT2D eigenvalue weighted by Gasteiger charge is 2.07. The number of rotatable bonds is 3. The fourth-order valence-electron chi connectivity index (χ4n) is 1.89. The lowest BCUT2D eigenvalue weighted by molar-refractivity contribution is 0.628. The summed E-state index contributed by atoms with van der Waals surface area (Å²) >= 11 is 5.75. The highest BCUT2D eigenvalue weighted by Crippen LogP contribution is 2.22. The number of aryl methyl sites for hydroxylation is 1. The molecular formula is C14H11ClFN5. The van der Waals surface area contributed by atoms with Gasteiger partial charge in [-0.3, -0.25) is 4.68 Å². The van der Waals surface area contributed by atoms with Crippen molar-refractivity contribution in [1.29, 1.82) is 0 Å². The number of anilines is 2. The smallest absolute Gasteiger partial charge is 0.227 e. The first-order valence-corrected chi connectivity index (χ1v) is 6.55. The van der Waals surface area contributed by atoms with Gasteiger partial charge in [0.25, 0.3) is 0 Å². The summed E-state index contributed by atoms with van der Waals surface area (Å²) in [6, 6.07) is 7.99. The number of nitrogens with one attached hydrogen (secondary N) is 1. The third kappa shape index (κ3) is 2.85. The summed E-state index contributed by atoms with van der Waals surface area (Å²) in [5.74, 6) is -0.0665. The molecule has 0 aliphatic rings. The molecule has 0 unspecified atom stereocenters. The molecule has 3 rings (SSSR count). The van der Waals surface area contributed by atoms with Gasteiger partial charge >= 0.3 is 0 Å². The third-order valence-corrected chi connectivity index (χ3v) is 3.20. The van der Waals surface area contributed by atoms with Gasteiger partial charge in [-0.1, -0.05) is 11.6 Å². The maximum absolute atomic E-state index is 13.1. The molecule has 1 aromatic carbocycles. The molecule has 2 aromatic heterocycles. The topological polar surface area (TPSA) is 55.6 Å². The van der Waals surface area contributed by atoms with Crippen molar-refractivity contribution < 1.29 is 4.39 Å². The van der Waals surface area contributed by atoms with E-state index < -0.39 is 5.82 Å². The maximum atomic E-state index is 13.1. The van der Waals surface area contributed by atoms with E-state index in [-0.39, 0.29) is 5.02 Å². The van der Waals surface area contributed by atoms with E-state index in [0.29, 0.717) is 11.6 Å². The number of hydrogen-bond donors (Lipinski definition) is 1. The lowest BCUT2D eigenvalue weighted by Gasteiger charge is -2.07. The Bertz CT molecular complexity index is 787. The van der Waals surface area contributed by atoms with Crippen molar-refractivity contribution in [2.45, 2.75) is 0 Å². The van der Waals surface area contributed by atoms with E-state index >= 15 is 0 Å². The van der Waals surface area contributed by atoms with Gasteiger partial charge in [0.1, 0.15) is 5.82 Å². The molecule has 106 valence electrons. The van der Waals surface area contributed by atoms with Gasteiger partial charge in [-0.2, -0.15) is 5.10 Å². The molecule has 0 aliphatic heterocycles. The van der Waals surface area contributed by atoms with Gasteiger partial charge in [-0.15, -0.1) is 0 Å². The summed E-state index contributed by atoms with van der Waals surface area (Å²) < 4.78 is 14.9. The Kier molecular flexibility index (Phi) is 3.53. The summed E-state index contributed by atoms with van der Waals surface area (Å²) in [5, 5.41) is 7.14. The zero-order valence-electron chi connectivity index (χ0n) is 11.1. The molecule has 21 heavy (non-hydrogen) atoms. The lowest BCUT2D eigenvalue weighted by Crippen LogP contribution is -2.00. The summed E-state index contributed by atoms with van der Waals surface area (Å²) in [5.41, 5.74) is 2.22. The van der Waals surface area contributed by atoms with Crippen LogP contribution in [0.3, 0.4) is 0 Å². The normalized spacial score (nSPS) is 10.6. The largest absolute Gasteiger partial charge is 0.324 e. The monoisotopic (exact) mass is 303 g/mol. The van der Waals surface area contributed by atoms with Gasteiger partial charge in [-0.25, -0.2) is 14.4 Å². The molecule has 0 atom stereocenters. The number of hydrogen-bond acceptors (Lipinski definition) is 4. The van der Waals surface area contributed by atoms with Gasteiger partial charge in [0, 0.05) is 25.1 Å². The van der Waals surface area contributed by atoms with Crippen molar-refractivity contribution in [3.8, 4) is 11.4 Å². The first kappa shape index (κ1) is 13.5. The van der Waals surface area contributed by atoms with Crippen LogP contribution in [0.4, 0.5) is 16.0 Å². The zero-order chi connectivity index (χ0) is 14.8. The number of benzene rings is 1. The second-order valence-corrected chi connectivity index (χ2v) is 4.77. The van der Waals surface area contributed by atoms with Crippen LogP contribution in [0, 0.1) is 5.82 Å². The highest BCUT2D eigenvalue weighted by molar-refractivity contribution is 6.31. The quantitative estimate of drug-likeness (QED) is 0.805. The van der Waals surface area contributed by atoms with Gasteiger partial charge < -0.3 is 5.32 Å². The highest BCUT2D eigenvalue weighted by atomic mass is 35.5. The Labute approximate surface area is 125 Å². The van der Waals surface area contributed by atoms with E-state index in [4.69, 9.17) is 11.6 Å². The third-order valence-electron chi connectivity index (χ3n) is 2.91. The zero-order valence-corrected chi connectivity index (χ0v) is 11.8. The van der Waals surface area contributed by atoms with Crippen LogP contribution in [0.15, 0.2) is 42.7 Å². The van der Waals surface area contributed by atoms with Crippen LogP contribution < -0.4 is 5.32 Å². The Hall–Kier alpha value is -2.47. The molecule has 0 aliphatic carbocycles. The second-order valence-electron chi connectivity index (χ2n) is 4.36. The predicted octanol–water partition coefficient (Wildman–Crippen LogP) is 3.41. The molecule has 0 radical (unpaired) electrons. The first-order chi connectivity index (χ1) is 10.1. The van der Waals surface area contributed by atoms with Crippen molar-refractivity contribution in [1.82, 2.24) is 19.7 Å². The average Bonchev–Trinajstić information content (AvgIpc) is 2.89. The minimum Gasteiger partial charge on any atom is -0.324 e. The molecule has 0 amide bonds. The van der Waals surface area contributed by atoms with Crippen LogP contribution in [-0.4, -0.2) is 19.7 Å². The van der Waals surface area contributed by atoms with Gasteiger partial charge in [0.05, 0.1) is 16.4 Å². The van der Waals surface area contributed by atoms with Crippen molar-refractivity contribution in [3.05, 3.63) is 53.6 Å². The first-order valence-electron chi connectivity index (χ1n) is 6.17. The Morgan fingerprint density at radius 3 is 2.76 bits per heavy atom. The Balaban J connectivity index is 1.90. The van der Waals surface area contributed by atoms with Crippen LogP contribution in [0.25, 0.3) is 11.4 Å². The standard InChI is InChI=1S/C14H11ClFN5/c1-21-13(5-7-18-21)12-4-6-17-14(20-12)19-9-2-3-11(16)10(15)8-9/h2-8H,1H3,(H,17,19,20).